The zero-order chi connectivity index (χ0) is 21.4. The SMILES string of the molecule is COc1ccc(/C(=C\Cl)CC(NC(=O)NCCCl)c2cccc(Cl)c2Cl)c(Cl)c1. The van der Waals surface area contributed by atoms with Gasteiger partial charge in [-0.15, -0.1) is 11.6 Å². The van der Waals surface area contributed by atoms with Gasteiger partial charge in [0, 0.05) is 18.0 Å². The summed E-state index contributed by atoms with van der Waals surface area (Å²) in [6.07, 6.45) is 0.323. The molecule has 4 nitrogen and oxygen atoms in total. The van der Waals surface area contributed by atoms with E-state index in [-0.39, 0.29) is 6.03 Å². The predicted molar refractivity (Wildman–Crippen MR) is 123 cm³/mol. The maximum absolute atomic E-state index is 12.3. The Morgan fingerprint density at radius 2 is 1.93 bits per heavy atom. The standard InChI is InChI=1S/C20H19Cl5N2O2/c1-29-13-5-6-14(17(24)10-13)12(11-22)9-18(27-20(28)26-8-7-21)15-3-2-4-16(23)19(15)25/h2-6,10-11,18H,7-9H2,1H3,(H2,26,27,28)/b12-11-. The molecule has 2 amide bonds. The largest absolute Gasteiger partial charge is 0.497 e. The van der Waals surface area contributed by atoms with E-state index in [1.807, 2.05) is 0 Å². The molecule has 0 aromatic heterocycles. The number of benzene rings is 2. The summed E-state index contributed by atoms with van der Waals surface area (Å²) >= 11 is 30.7. The van der Waals surface area contributed by atoms with Gasteiger partial charge in [-0.3, -0.25) is 0 Å². The van der Waals surface area contributed by atoms with Gasteiger partial charge in [0.05, 0.1) is 28.2 Å². The number of nitrogens with one attached hydrogen (secondary N) is 2. The molecule has 1 unspecified atom stereocenters. The van der Waals surface area contributed by atoms with Crippen molar-refractivity contribution in [2.75, 3.05) is 19.5 Å². The molecule has 0 spiro atoms. The van der Waals surface area contributed by atoms with Gasteiger partial charge in [0.2, 0.25) is 0 Å². The molecule has 0 bridgehead atoms. The molecule has 156 valence electrons. The van der Waals surface area contributed by atoms with Gasteiger partial charge >= 0.3 is 6.03 Å². The number of alkyl halides is 1. The number of carbonyl (C=O) groups excluding carboxylic acids is 1. The zero-order valence-corrected chi connectivity index (χ0v) is 19.2. The van der Waals surface area contributed by atoms with Crippen LogP contribution in [-0.2, 0) is 0 Å². The Labute approximate surface area is 195 Å². The second kappa shape index (κ2) is 11.8. The highest BCUT2D eigenvalue weighted by Crippen LogP contribution is 2.37. The molecule has 0 heterocycles. The summed E-state index contributed by atoms with van der Waals surface area (Å²) in [6.45, 7) is 0.325. The molecule has 2 rings (SSSR count). The molecule has 0 saturated heterocycles. The molecule has 9 heteroatoms. The Morgan fingerprint density at radius 3 is 2.55 bits per heavy atom. The van der Waals surface area contributed by atoms with Crippen LogP contribution in [-0.4, -0.2) is 25.6 Å². The quantitative estimate of drug-likeness (QED) is 0.390. The number of methoxy groups -OCH3 is 1. The Morgan fingerprint density at radius 1 is 1.17 bits per heavy atom. The minimum Gasteiger partial charge on any atom is -0.497 e. The molecular formula is C20H19Cl5N2O2. The van der Waals surface area contributed by atoms with Gasteiger partial charge in [0.15, 0.2) is 0 Å². The normalized spacial score (nSPS) is 12.4. The monoisotopic (exact) mass is 494 g/mol. The second-order valence-corrected chi connectivity index (χ2v) is 7.76. The summed E-state index contributed by atoms with van der Waals surface area (Å²) in [5, 5.41) is 6.77. The Balaban J connectivity index is 2.37. The first kappa shape index (κ1) is 24.0. The molecule has 29 heavy (non-hydrogen) atoms. The van der Waals surface area contributed by atoms with Gasteiger partial charge in [-0.2, -0.15) is 0 Å². The number of urea groups is 1. The van der Waals surface area contributed by atoms with Crippen LogP contribution in [0.4, 0.5) is 4.79 Å². The highest BCUT2D eigenvalue weighted by Gasteiger charge is 2.22. The van der Waals surface area contributed by atoms with E-state index in [0.717, 1.165) is 0 Å². The first-order chi connectivity index (χ1) is 13.9. The third kappa shape index (κ3) is 6.59. The molecule has 1 atom stereocenters. The Bertz CT molecular complexity index is 889. The van der Waals surface area contributed by atoms with Crippen molar-refractivity contribution in [1.82, 2.24) is 10.6 Å². The van der Waals surface area contributed by atoms with Gasteiger partial charge in [0.25, 0.3) is 0 Å². The van der Waals surface area contributed by atoms with Crippen LogP contribution in [0.2, 0.25) is 15.1 Å². The highest BCUT2D eigenvalue weighted by molar-refractivity contribution is 6.42. The van der Waals surface area contributed by atoms with Gasteiger partial charge in [-0.1, -0.05) is 58.5 Å². The lowest BCUT2D eigenvalue weighted by atomic mass is 9.95. The van der Waals surface area contributed by atoms with E-state index >= 15 is 0 Å². The van der Waals surface area contributed by atoms with E-state index in [1.54, 1.807) is 43.5 Å². The highest BCUT2D eigenvalue weighted by atomic mass is 35.5. The van der Waals surface area contributed by atoms with Crippen molar-refractivity contribution in [3.63, 3.8) is 0 Å². The van der Waals surface area contributed by atoms with E-state index in [1.165, 1.54) is 5.54 Å². The average Bonchev–Trinajstić information content (AvgIpc) is 2.71. The minimum absolute atomic E-state index is 0.296. The van der Waals surface area contributed by atoms with Crippen molar-refractivity contribution in [2.45, 2.75) is 12.5 Å². The van der Waals surface area contributed by atoms with Crippen molar-refractivity contribution in [3.05, 3.63) is 68.1 Å². The van der Waals surface area contributed by atoms with E-state index in [2.05, 4.69) is 10.6 Å². The summed E-state index contributed by atoms with van der Waals surface area (Å²) in [5.41, 5.74) is 3.50. The molecule has 0 aliphatic heterocycles. The van der Waals surface area contributed by atoms with Crippen molar-refractivity contribution < 1.29 is 9.53 Å². The molecule has 0 aliphatic carbocycles. The molecule has 2 N–H and O–H groups in total. The van der Waals surface area contributed by atoms with Crippen LogP contribution < -0.4 is 15.4 Å². The number of hydrogen-bond donors (Lipinski definition) is 2. The lowest BCUT2D eigenvalue weighted by Gasteiger charge is -2.23. The van der Waals surface area contributed by atoms with Crippen LogP contribution in [0.3, 0.4) is 0 Å². The lowest BCUT2D eigenvalue weighted by Crippen LogP contribution is -2.39. The number of hydrogen-bond acceptors (Lipinski definition) is 2. The third-order valence-corrected chi connectivity index (χ3v) is 5.72. The molecule has 0 radical (unpaired) electrons. The average molecular weight is 497 g/mol. The van der Waals surface area contributed by atoms with E-state index in [9.17, 15) is 4.79 Å². The summed E-state index contributed by atoms with van der Waals surface area (Å²) in [5.74, 6) is 0.922. The second-order valence-electron chi connectivity index (χ2n) is 5.97. The molecule has 0 aliphatic rings. The smallest absolute Gasteiger partial charge is 0.315 e. The summed E-state index contributed by atoms with van der Waals surface area (Å²) < 4.78 is 5.19. The molecule has 0 fully saturated rings. The van der Waals surface area contributed by atoms with Crippen LogP contribution in [0.15, 0.2) is 41.9 Å². The minimum atomic E-state index is -0.514. The Kier molecular flexibility index (Phi) is 9.73. The van der Waals surface area contributed by atoms with E-state index < -0.39 is 6.04 Å². The first-order valence-corrected chi connectivity index (χ1v) is 10.7. The van der Waals surface area contributed by atoms with Crippen LogP contribution >= 0.6 is 58.0 Å². The molecule has 0 saturated carbocycles. The van der Waals surface area contributed by atoms with Gasteiger partial charge in [-0.25, -0.2) is 4.79 Å². The van der Waals surface area contributed by atoms with Gasteiger partial charge in [0.1, 0.15) is 5.75 Å². The zero-order valence-electron chi connectivity index (χ0n) is 15.4. The summed E-state index contributed by atoms with van der Waals surface area (Å²) in [7, 11) is 1.56. The maximum Gasteiger partial charge on any atom is 0.315 e. The van der Waals surface area contributed by atoms with Crippen LogP contribution in [0, 0.1) is 0 Å². The summed E-state index contributed by atoms with van der Waals surface area (Å²) in [6, 6.07) is 9.61. The number of ether oxygens (including phenoxy) is 1. The van der Waals surface area contributed by atoms with Gasteiger partial charge in [-0.05, 0) is 47.4 Å². The van der Waals surface area contributed by atoms with Crippen LogP contribution in [0.25, 0.3) is 5.57 Å². The molecular weight excluding hydrogens is 477 g/mol. The summed E-state index contributed by atoms with van der Waals surface area (Å²) in [4.78, 5) is 12.3. The lowest BCUT2D eigenvalue weighted by molar-refractivity contribution is 0.238. The topological polar surface area (TPSA) is 50.4 Å². The van der Waals surface area contributed by atoms with E-state index in [4.69, 9.17) is 62.7 Å². The molecule has 2 aromatic carbocycles. The van der Waals surface area contributed by atoms with Crippen molar-refractivity contribution in [1.29, 1.82) is 0 Å². The number of halogens is 5. The van der Waals surface area contributed by atoms with Gasteiger partial charge < -0.3 is 15.4 Å². The Hall–Kier alpha value is -1.30. The third-order valence-electron chi connectivity index (χ3n) is 4.12. The number of amides is 2. The van der Waals surface area contributed by atoms with Crippen LogP contribution in [0.5, 0.6) is 5.75 Å². The maximum atomic E-state index is 12.3. The molecule has 2 aromatic rings. The number of rotatable bonds is 8. The van der Waals surface area contributed by atoms with Crippen molar-refractivity contribution in [3.8, 4) is 5.75 Å². The fourth-order valence-electron chi connectivity index (χ4n) is 2.71. The predicted octanol–water partition coefficient (Wildman–Crippen LogP) is 6.90. The van der Waals surface area contributed by atoms with E-state index in [0.29, 0.717) is 56.4 Å². The van der Waals surface area contributed by atoms with Crippen molar-refractivity contribution >= 4 is 69.6 Å². The number of carbonyl (C=O) groups is 1. The fraction of sp³-hybridized carbons (Fsp3) is 0.250. The van der Waals surface area contributed by atoms with Crippen molar-refractivity contribution in [2.24, 2.45) is 0 Å². The van der Waals surface area contributed by atoms with Crippen LogP contribution in [0.1, 0.15) is 23.6 Å². The fourth-order valence-corrected chi connectivity index (χ4v) is 3.75. The first-order valence-electron chi connectivity index (χ1n) is 8.58.